The summed E-state index contributed by atoms with van der Waals surface area (Å²) in [5.41, 5.74) is 6.21. The van der Waals surface area contributed by atoms with Gasteiger partial charge in [-0.1, -0.05) is 60.7 Å². The largest absolute Gasteiger partial charge is 0.462 e. The Balaban J connectivity index is 1.27. The van der Waals surface area contributed by atoms with E-state index in [1.54, 1.807) is 30.0 Å². The first-order valence-corrected chi connectivity index (χ1v) is 13.7. The highest BCUT2D eigenvalue weighted by Crippen LogP contribution is 2.36. The molecule has 6 heteroatoms. The Morgan fingerprint density at radius 2 is 1.45 bits per heavy atom. The number of nitrogens with zero attached hydrogens (tertiary/aromatic N) is 1. The molecular formula is C36H28N2O4. The molecule has 0 radical (unpaired) electrons. The summed E-state index contributed by atoms with van der Waals surface area (Å²) >= 11 is 0. The molecule has 0 saturated carbocycles. The van der Waals surface area contributed by atoms with E-state index in [9.17, 15) is 9.59 Å². The molecule has 1 aliphatic heterocycles. The summed E-state index contributed by atoms with van der Waals surface area (Å²) in [5.74, 6) is 0.680. The summed E-state index contributed by atoms with van der Waals surface area (Å²) in [6, 6.07) is 38.3. The van der Waals surface area contributed by atoms with E-state index in [0.717, 1.165) is 33.9 Å². The van der Waals surface area contributed by atoms with Crippen LogP contribution < -0.4 is 10.2 Å². The van der Waals surface area contributed by atoms with Crippen LogP contribution in [-0.4, -0.2) is 18.5 Å². The second kappa shape index (κ2) is 11.9. The molecule has 5 aromatic rings. The van der Waals surface area contributed by atoms with Crippen molar-refractivity contribution in [2.24, 2.45) is 0 Å². The summed E-state index contributed by atoms with van der Waals surface area (Å²) in [6.07, 6.45) is 3.65. The molecule has 2 heterocycles. The summed E-state index contributed by atoms with van der Waals surface area (Å²) in [4.78, 5) is 27.5. The average molecular weight is 553 g/mol. The molecule has 0 fully saturated rings. The number of nitrogens with one attached hydrogen (secondary N) is 1. The number of amides is 1. The van der Waals surface area contributed by atoms with Gasteiger partial charge in [0.2, 0.25) is 0 Å². The van der Waals surface area contributed by atoms with Crippen LogP contribution in [0.2, 0.25) is 0 Å². The maximum atomic E-state index is 13.8. The van der Waals surface area contributed by atoms with E-state index < -0.39 is 0 Å². The molecule has 1 N–H and O–H groups in total. The minimum absolute atomic E-state index is 0.144. The van der Waals surface area contributed by atoms with E-state index in [1.165, 1.54) is 0 Å². The topological polar surface area (TPSA) is 71.8 Å². The van der Waals surface area contributed by atoms with Crippen molar-refractivity contribution in [3.63, 3.8) is 0 Å². The SMILES string of the molecule is CCOC(=O)c1ccc(-c2ccc(C=C3C=C(c4ccccc4)N(c4ccc(Nc5ccccc5)cc4)C3=O)o2)cc1. The van der Waals surface area contributed by atoms with Gasteiger partial charge in [-0.15, -0.1) is 0 Å². The number of esters is 1. The lowest BCUT2D eigenvalue weighted by Gasteiger charge is -2.21. The van der Waals surface area contributed by atoms with Crippen LogP contribution in [0.5, 0.6) is 0 Å². The maximum absolute atomic E-state index is 13.8. The van der Waals surface area contributed by atoms with E-state index in [4.69, 9.17) is 9.15 Å². The number of rotatable bonds is 8. The van der Waals surface area contributed by atoms with Crippen LogP contribution in [0.1, 0.15) is 28.6 Å². The number of ether oxygens (including phenoxy) is 1. The molecule has 0 spiro atoms. The molecule has 0 atom stereocenters. The van der Waals surface area contributed by atoms with Crippen molar-refractivity contribution in [2.45, 2.75) is 6.92 Å². The van der Waals surface area contributed by atoms with Gasteiger partial charge in [0.15, 0.2) is 0 Å². The van der Waals surface area contributed by atoms with Gasteiger partial charge in [0, 0.05) is 28.2 Å². The number of hydrogen-bond donors (Lipinski definition) is 1. The molecule has 6 nitrogen and oxygen atoms in total. The van der Waals surface area contributed by atoms with Gasteiger partial charge in [-0.2, -0.15) is 0 Å². The number of benzene rings is 4. The molecule has 4 aromatic carbocycles. The highest BCUT2D eigenvalue weighted by Gasteiger charge is 2.30. The highest BCUT2D eigenvalue weighted by atomic mass is 16.5. The van der Waals surface area contributed by atoms with Crippen LogP contribution in [0, 0.1) is 0 Å². The molecule has 1 aromatic heterocycles. The zero-order valence-corrected chi connectivity index (χ0v) is 23.0. The highest BCUT2D eigenvalue weighted by molar-refractivity contribution is 6.23. The van der Waals surface area contributed by atoms with Crippen LogP contribution in [0.15, 0.2) is 137 Å². The molecule has 0 bridgehead atoms. The normalized spacial score (nSPS) is 13.7. The fourth-order valence-electron chi connectivity index (χ4n) is 4.80. The van der Waals surface area contributed by atoms with Crippen molar-refractivity contribution in [1.82, 2.24) is 0 Å². The number of hydrogen-bond acceptors (Lipinski definition) is 5. The molecule has 6 rings (SSSR count). The van der Waals surface area contributed by atoms with E-state index in [-0.39, 0.29) is 11.9 Å². The van der Waals surface area contributed by atoms with Crippen molar-refractivity contribution in [3.05, 3.63) is 150 Å². The van der Waals surface area contributed by atoms with Gasteiger partial charge in [0.1, 0.15) is 11.5 Å². The van der Waals surface area contributed by atoms with Crippen molar-refractivity contribution in [1.29, 1.82) is 0 Å². The lowest BCUT2D eigenvalue weighted by atomic mass is 10.1. The standard InChI is InChI=1S/C36H28N2O4/c1-2-41-36(40)27-15-13-26(14-16-27)34-22-21-32(42-34)23-28-24-33(25-9-5-3-6-10-25)38(35(28)39)31-19-17-30(18-20-31)37-29-11-7-4-8-12-29/h3-24,37H,2H2,1H3. The minimum atomic E-state index is -0.360. The Morgan fingerprint density at radius 3 is 2.14 bits per heavy atom. The quantitative estimate of drug-likeness (QED) is 0.155. The first-order chi connectivity index (χ1) is 20.6. The molecular weight excluding hydrogens is 524 g/mol. The molecule has 0 saturated heterocycles. The Kier molecular flexibility index (Phi) is 7.51. The van der Waals surface area contributed by atoms with E-state index in [1.807, 2.05) is 115 Å². The van der Waals surface area contributed by atoms with Crippen molar-refractivity contribution < 1.29 is 18.7 Å². The van der Waals surface area contributed by atoms with Crippen LogP contribution in [0.3, 0.4) is 0 Å². The Morgan fingerprint density at radius 1 is 0.786 bits per heavy atom. The van der Waals surface area contributed by atoms with Gasteiger partial charge in [0.25, 0.3) is 5.91 Å². The molecule has 206 valence electrons. The van der Waals surface area contributed by atoms with Crippen LogP contribution in [-0.2, 0) is 9.53 Å². The third kappa shape index (κ3) is 5.64. The molecule has 1 amide bonds. The number of para-hydroxylation sites is 1. The fraction of sp³-hybridized carbons (Fsp3) is 0.0556. The second-order valence-electron chi connectivity index (χ2n) is 9.67. The second-order valence-corrected chi connectivity index (χ2v) is 9.67. The van der Waals surface area contributed by atoms with Crippen molar-refractivity contribution in [3.8, 4) is 11.3 Å². The van der Waals surface area contributed by atoms with Gasteiger partial charge in [-0.25, -0.2) is 4.79 Å². The zero-order chi connectivity index (χ0) is 28.9. The average Bonchev–Trinajstić information content (AvgIpc) is 3.63. The lowest BCUT2D eigenvalue weighted by Crippen LogP contribution is -2.24. The monoisotopic (exact) mass is 552 g/mol. The van der Waals surface area contributed by atoms with Gasteiger partial charge in [-0.3, -0.25) is 9.69 Å². The summed E-state index contributed by atoms with van der Waals surface area (Å²) in [5, 5.41) is 3.38. The number of carbonyl (C=O) groups is 2. The molecule has 0 unspecified atom stereocenters. The van der Waals surface area contributed by atoms with Crippen LogP contribution in [0.25, 0.3) is 23.1 Å². The van der Waals surface area contributed by atoms with E-state index in [0.29, 0.717) is 29.3 Å². The third-order valence-electron chi connectivity index (χ3n) is 6.85. The summed E-state index contributed by atoms with van der Waals surface area (Å²) < 4.78 is 11.1. The van der Waals surface area contributed by atoms with Crippen LogP contribution >= 0.6 is 0 Å². The number of anilines is 3. The predicted molar refractivity (Wildman–Crippen MR) is 166 cm³/mol. The number of carbonyl (C=O) groups excluding carboxylic acids is 2. The molecule has 0 aliphatic carbocycles. The Bertz CT molecular complexity index is 1770. The minimum Gasteiger partial charge on any atom is -0.462 e. The maximum Gasteiger partial charge on any atom is 0.338 e. The summed E-state index contributed by atoms with van der Waals surface area (Å²) in [6.45, 7) is 2.10. The predicted octanol–water partition coefficient (Wildman–Crippen LogP) is 8.34. The van der Waals surface area contributed by atoms with E-state index >= 15 is 0 Å². The van der Waals surface area contributed by atoms with Gasteiger partial charge in [-0.05, 0) is 85.3 Å². The van der Waals surface area contributed by atoms with Gasteiger partial charge in [0.05, 0.1) is 17.9 Å². The van der Waals surface area contributed by atoms with Gasteiger partial charge < -0.3 is 14.5 Å². The van der Waals surface area contributed by atoms with Crippen molar-refractivity contribution in [2.75, 3.05) is 16.8 Å². The molecule has 1 aliphatic rings. The van der Waals surface area contributed by atoms with Gasteiger partial charge >= 0.3 is 5.97 Å². The third-order valence-corrected chi connectivity index (χ3v) is 6.85. The Labute approximate surface area is 244 Å². The van der Waals surface area contributed by atoms with Crippen LogP contribution in [0.4, 0.5) is 17.1 Å². The smallest absolute Gasteiger partial charge is 0.338 e. The first-order valence-electron chi connectivity index (χ1n) is 13.7. The number of furan rings is 1. The van der Waals surface area contributed by atoms with E-state index in [2.05, 4.69) is 5.32 Å². The van der Waals surface area contributed by atoms with Crippen molar-refractivity contribution >= 4 is 40.7 Å². The fourth-order valence-corrected chi connectivity index (χ4v) is 4.80. The Hall–Kier alpha value is -5.62. The summed E-state index contributed by atoms with van der Waals surface area (Å²) in [7, 11) is 0. The lowest BCUT2D eigenvalue weighted by molar-refractivity contribution is -0.113. The molecule has 42 heavy (non-hydrogen) atoms. The first kappa shape index (κ1) is 26.6. The zero-order valence-electron chi connectivity index (χ0n) is 23.0.